The number of nitrogens with zero attached hydrogens (tertiary/aromatic N) is 3. The zero-order valence-corrected chi connectivity index (χ0v) is 34.6. The predicted octanol–water partition coefficient (Wildman–Crippen LogP) is 8.68. The molecule has 1 N–H and O–H groups in total. The van der Waals surface area contributed by atoms with Crippen molar-refractivity contribution in [3.05, 3.63) is 55.6 Å². The number of β-amino-alcohol motifs (C(OH)–C–C–N with tert-alkyl or cyclic N) is 1. The molecule has 0 aromatic heterocycles. The summed E-state index contributed by atoms with van der Waals surface area (Å²) >= 11 is 0. The molecule has 0 radical (unpaired) electrons. The largest absolute Gasteiger partial charge is 0.490 e. The minimum Gasteiger partial charge on any atom is -0.490 e. The van der Waals surface area contributed by atoms with E-state index in [4.69, 9.17) is 4.74 Å². The van der Waals surface area contributed by atoms with Crippen LogP contribution in [0.5, 0.6) is 5.75 Å². The molecule has 1 unspecified atom stereocenters. The molecule has 3 rings (SSSR count). The Kier molecular flexibility index (Phi) is 10.6. The highest BCUT2D eigenvalue weighted by atomic mass is 16.5. The van der Waals surface area contributed by atoms with Crippen LogP contribution in [0.15, 0.2) is 0 Å². The third-order valence-corrected chi connectivity index (χ3v) is 13.9. The number of piperazine rings is 1. The first-order valence-corrected chi connectivity index (χ1v) is 17.9. The lowest BCUT2D eigenvalue weighted by molar-refractivity contribution is -0.243. The van der Waals surface area contributed by atoms with Gasteiger partial charge in [0, 0.05) is 41.4 Å². The van der Waals surface area contributed by atoms with Gasteiger partial charge in [-0.15, -0.1) is 0 Å². The molecule has 1 heterocycles. The SMILES string of the molecule is Cc1c(C)c(C)c(OCC(O)CN2C(C)(C)C(C)(C)N(C(C)(C)C(=O)N(C)c3c(C)c(C)c(C)c(C)c3C)C(C)(C)C2(C)C)c(C)c1C. The number of carbonyl (C=O) groups is 1. The van der Waals surface area contributed by atoms with E-state index in [1.165, 1.54) is 33.4 Å². The Morgan fingerprint density at radius 3 is 1.35 bits per heavy atom. The zero-order chi connectivity index (χ0) is 37.4. The Morgan fingerprint density at radius 2 is 0.979 bits per heavy atom. The van der Waals surface area contributed by atoms with Gasteiger partial charge in [-0.1, -0.05) is 0 Å². The molecule has 2 aromatic carbocycles. The first kappa shape index (κ1) is 40.0. The lowest BCUT2D eigenvalue weighted by Gasteiger charge is -2.74. The lowest BCUT2D eigenvalue weighted by Crippen LogP contribution is -2.88. The van der Waals surface area contributed by atoms with Gasteiger partial charge in [-0.05, 0) is 194 Å². The van der Waals surface area contributed by atoms with Crippen LogP contribution in [-0.4, -0.2) is 74.8 Å². The van der Waals surface area contributed by atoms with Crippen LogP contribution in [0.2, 0.25) is 0 Å². The summed E-state index contributed by atoms with van der Waals surface area (Å²) in [5.74, 6) is 0.952. The van der Waals surface area contributed by atoms with E-state index in [2.05, 4.69) is 148 Å². The van der Waals surface area contributed by atoms with Crippen LogP contribution >= 0.6 is 0 Å². The number of benzene rings is 2. The second-order valence-electron chi connectivity index (χ2n) is 17.5. The number of aliphatic hydroxyl groups excluding tert-OH is 1. The number of ether oxygens (including phenoxy) is 1. The predicted molar refractivity (Wildman–Crippen MR) is 204 cm³/mol. The molecule has 6 nitrogen and oxygen atoms in total. The van der Waals surface area contributed by atoms with Crippen molar-refractivity contribution < 1.29 is 14.6 Å². The summed E-state index contributed by atoms with van der Waals surface area (Å²) < 4.78 is 6.41. The molecule has 270 valence electrons. The van der Waals surface area contributed by atoms with Gasteiger partial charge in [0.2, 0.25) is 5.91 Å². The molecule has 1 amide bonds. The fraction of sp³-hybridized carbons (Fsp3) is 0.690. The second kappa shape index (κ2) is 12.7. The molecule has 1 aliphatic rings. The number of carbonyl (C=O) groups excluding carboxylic acids is 1. The van der Waals surface area contributed by atoms with Crippen molar-refractivity contribution in [2.75, 3.05) is 25.1 Å². The van der Waals surface area contributed by atoms with E-state index in [9.17, 15) is 9.90 Å². The van der Waals surface area contributed by atoms with Crippen molar-refractivity contribution in [1.29, 1.82) is 0 Å². The van der Waals surface area contributed by atoms with Gasteiger partial charge < -0.3 is 14.7 Å². The van der Waals surface area contributed by atoms with Crippen LogP contribution in [0, 0.1) is 69.2 Å². The molecule has 0 aliphatic carbocycles. The van der Waals surface area contributed by atoms with Crippen LogP contribution in [0.4, 0.5) is 5.69 Å². The van der Waals surface area contributed by atoms with Gasteiger partial charge in [0.1, 0.15) is 18.5 Å². The van der Waals surface area contributed by atoms with Crippen LogP contribution < -0.4 is 9.64 Å². The Balaban J connectivity index is 2.03. The van der Waals surface area contributed by atoms with E-state index in [-0.39, 0.29) is 12.5 Å². The molecule has 1 fully saturated rings. The van der Waals surface area contributed by atoms with Crippen LogP contribution in [-0.2, 0) is 4.79 Å². The number of amides is 1. The molecular formula is C42H69N3O3. The van der Waals surface area contributed by atoms with Gasteiger partial charge >= 0.3 is 0 Å². The maximum atomic E-state index is 14.9. The molecule has 6 heteroatoms. The third-order valence-electron chi connectivity index (χ3n) is 13.9. The Bertz CT molecular complexity index is 1510. The van der Waals surface area contributed by atoms with Crippen molar-refractivity contribution in [1.82, 2.24) is 9.80 Å². The molecule has 2 aromatic rings. The van der Waals surface area contributed by atoms with Gasteiger partial charge in [0.15, 0.2) is 0 Å². The molecule has 1 atom stereocenters. The van der Waals surface area contributed by atoms with Crippen LogP contribution in [0.1, 0.15) is 125 Å². The molecule has 1 saturated heterocycles. The maximum Gasteiger partial charge on any atom is 0.246 e. The first-order chi connectivity index (χ1) is 21.5. The number of rotatable bonds is 8. The second-order valence-corrected chi connectivity index (χ2v) is 17.5. The van der Waals surface area contributed by atoms with Crippen molar-refractivity contribution >= 4 is 11.6 Å². The fourth-order valence-corrected chi connectivity index (χ4v) is 9.18. The number of hydrogen-bond donors (Lipinski definition) is 1. The van der Waals surface area contributed by atoms with Gasteiger partial charge in [0.25, 0.3) is 0 Å². The average Bonchev–Trinajstić information content (AvgIpc) is 2.97. The van der Waals surface area contributed by atoms with Gasteiger partial charge in [0.05, 0.1) is 5.54 Å². The van der Waals surface area contributed by atoms with E-state index in [0.717, 1.165) is 33.7 Å². The van der Waals surface area contributed by atoms with Crippen molar-refractivity contribution in [2.45, 2.75) is 172 Å². The summed E-state index contributed by atoms with van der Waals surface area (Å²) in [7, 11) is 1.94. The van der Waals surface area contributed by atoms with E-state index in [1.807, 2.05) is 11.9 Å². The topological polar surface area (TPSA) is 56.3 Å². The standard InChI is InChI=1S/C42H69N3O3/c1-24-26(3)30(7)35(31(8)27(24)4)43(21)37(47)38(11,12)45-41(17,18)39(13,14)44(40(15,16)42(45,19)20)22-34(46)23-48-36-32(9)28(5)25(2)29(6)33(36)10/h34,46H,22-23H2,1-21H3. The van der Waals surface area contributed by atoms with Crippen molar-refractivity contribution in [3.8, 4) is 5.75 Å². The van der Waals surface area contributed by atoms with E-state index >= 15 is 0 Å². The first-order valence-electron chi connectivity index (χ1n) is 17.9. The third kappa shape index (κ3) is 5.82. The van der Waals surface area contributed by atoms with E-state index in [1.54, 1.807) is 0 Å². The maximum absolute atomic E-state index is 14.9. The summed E-state index contributed by atoms with van der Waals surface area (Å²) in [6, 6.07) is 0. The van der Waals surface area contributed by atoms with Crippen LogP contribution in [0.3, 0.4) is 0 Å². The monoisotopic (exact) mass is 664 g/mol. The smallest absolute Gasteiger partial charge is 0.246 e. The number of hydrogen-bond acceptors (Lipinski definition) is 5. The average molecular weight is 664 g/mol. The Labute approximate surface area is 294 Å². The summed E-state index contributed by atoms with van der Waals surface area (Å²) in [5.41, 5.74) is 10.5. The van der Waals surface area contributed by atoms with E-state index in [0.29, 0.717) is 6.54 Å². The minimum atomic E-state index is -0.855. The van der Waals surface area contributed by atoms with Crippen LogP contribution in [0.25, 0.3) is 0 Å². The molecule has 0 bridgehead atoms. The summed E-state index contributed by atoms with van der Waals surface area (Å²) in [5, 5.41) is 11.6. The number of likely N-dealkylation sites (N-methyl/N-ethyl adjacent to an activating group) is 1. The molecule has 1 aliphatic heterocycles. The normalized spacial score (nSPS) is 19.7. The Hall–Kier alpha value is -2.41. The van der Waals surface area contributed by atoms with Crippen molar-refractivity contribution in [3.63, 3.8) is 0 Å². The highest BCUT2D eigenvalue weighted by Gasteiger charge is 2.67. The lowest BCUT2D eigenvalue weighted by atomic mass is 9.62. The fourth-order valence-electron chi connectivity index (χ4n) is 9.18. The highest BCUT2D eigenvalue weighted by Crippen LogP contribution is 2.54. The van der Waals surface area contributed by atoms with E-state index < -0.39 is 33.8 Å². The highest BCUT2D eigenvalue weighted by molar-refractivity contribution is 6.01. The Morgan fingerprint density at radius 1 is 0.646 bits per heavy atom. The van der Waals surface area contributed by atoms with Gasteiger partial charge in [-0.3, -0.25) is 14.6 Å². The zero-order valence-electron chi connectivity index (χ0n) is 34.6. The van der Waals surface area contributed by atoms with Crippen molar-refractivity contribution in [2.24, 2.45) is 0 Å². The molecule has 0 spiro atoms. The summed E-state index contributed by atoms with van der Waals surface area (Å²) in [6.07, 6.45) is -0.706. The van der Waals surface area contributed by atoms with Gasteiger partial charge in [-0.2, -0.15) is 0 Å². The molecular weight excluding hydrogens is 594 g/mol. The quantitative estimate of drug-likeness (QED) is 0.306. The summed E-state index contributed by atoms with van der Waals surface area (Å²) in [4.78, 5) is 21.7. The molecule has 48 heavy (non-hydrogen) atoms. The number of anilines is 1. The summed E-state index contributed by atoms with van der Waals surface area (Å²) in [6.45, 7) is 44.3. The minimum absolute atomic E-state index is 0.0698. The number of aliphatic hydroxyl groups is 1. The molecule has 0 saturated carbocycles. The van der Waals surface area contributed by atoms with Gasteiger partial charge in [-0.25, -0.2) is 0 Å².